The third-order valence-corrected chi connectivity index (χ3v) is 7.59. The van der Waals surface area contributed by atoms with Crippen LogP contribution >= 0.6 is 12.2 Å². The summed E-state index contributed by atoms with van der Waals surface area (Å²) >= 11 is 5.88. The lowest BCUT2D eigenvalue weighted by molar-refractivity contribution is -0.384. The number of ether oxygens (including phenoxy) is 1. The third kappa shape index (κ3) is 4.03. The lowest BCUT2D eigenvalue weighted by atomic mass is 9.95. The summed E-state index contributed by atoms with van der Waals surface area (Å²) in [6, 6.07) is 13.1. The maximum Gasteiger partial charge on any atom is 0.271 e. The second-order valence-corrected chi connectivity index (χ2v) is 9.63. The largest absolute Gasteiger partial charge is 0.495 e. The van der Waals surface area contributed by atoms with Crippen molar-refractivity contribution >= 4 is 23.0 Å². The minimum absolute atomic E-state index is 0.0255. The van der Waals surface area contributed by atoms with E-state index >= 15 is 0 Å². The fourth-order valence-electron chi connectivity index (χ4n) is 5.70. The first-order chi connectivity index (χ1) is 16.9. The van der Waals surface area contributed by atoms with Gasteiger partial charge < -0.3 is 19.5 Å². The SMILES string of the molecule is COc1ccc([N+](=O)[O-])cc1-n1c(C)cc(C2C(c3ccccn3)NC(=S)N2C2CCCC2)c1C. The molecule has 2 aliphatic rings. The van der Waals surface area contributed by atoms with Gasteiger partial charge in [0, 0.05) is 35.8 Å². The van der Waals surface area contributed by atoms with Crippen molar-refractivity contribution in [1.29, 1.82) is 0 Å². The van der Waals surface area contributed by atoms with Crippen LogP contribution in [0.2, 0.25) is 0 Å². The van der Waals surface area contributed by atoms with Gasteiger partial charge in [-0.2, -0.15) is 0 Å². The molecule has 2 unspecified atom stereocenters. The van der Waals surface area contributed by atoms with Gasteiger partial charge in [0.2, 0.25) is 0 Å². The van der Waals surface area contributed by atoms with Crippen molar-refractivity contribution in [1.82, 2.24) is 19.8 Å². The number of nitro benzene ring substituents is 1. The first-order valence-corrected chi connectivity index (χ1v) is 12.3. The molecule has 1 aromatic carbocycles. The predicted molar refractivity (Wildman–Crippen MR) is 138 cm³/mol. The predicted octanol–water partition coefficient (Wildman–Crippen LogP) is 5.32. The molecule has 9 heteroatoms. The van der Waals surface area contributed by atoms with Crippen molar-refractivity contribution in [3.05, 3.63) is 81.4 Å². The van der Waals surface area contributed by atoms with E-state index in [1.807, 2.05) is 35.9 Å². The van der Waals surface area contributed by atoms with Crippen LogP contribution in [0.3, 0.4) is 0 Å². The van der Waals surface area contributed by atoms with Gasteiger partial charge in [-0.15, -0.1) is 0 Å². The van der Waals surface area contributed by atoms with Crippen LogP contribution in [0.4, 0.5) is 5.69 Å². The Morgan fingerprint density at radius 1 is 1.17 bits per heavy atom. The second-order valence-electron chi connectivity index (χ2n) is 9.25. The van der Waals surface area contributed by atoms with Crippen molar-refractivity contribution in [3.63, 3.8) is 0 Å². The van der Waals surface area contributed by atoms with E-state index in [2.05, 4.69) is 28.2 Å². The topological polar surface area (TPSA) is 85.5 Å². The second kappa shape index (κ2) is 9.30. The third-order valence-electron chi connectivity index (χ3n) is 7.26. The Kier molecular flexibility index (Phi) is 6.19. The molecule has 35 heavy (non-hydrogen) atoms. The number of non-ortho nitro benzene ring substituents is 1. The van der Waals surface area contributed by atoms with Gasteiger partial charge in [-0.3, -0.25) is 15.1 Å². The number of nitrogens with one attached hydrogen (secondary N) is 1. The lowest BCUT2D eigenvalue weighted by Gasteiger charge is -2.33. The quantitative estimate of drug-likeness (QED) is 0.284. The standard InChI is InChI=1S/C26H29N5O3S/c1-16-14-20(17(2)29(16)22-15-19(31(32)33)11-12-23(22)34-3)25-24(21-10-6-7-13-27-21)28-26(35)30(25)18-8-4-5-9-18/h6-7,10-15,18,24-25H,4-5,8-9H2,1-3H3,(H,28,35). The number of aromatic nitrogens is 2. The highest BCUT2D eigenvalue weighted by Gasteiger charge is 2.44. The number of pyridine rings is 1. The molecule has 0 radical (unpaired) electrons. The van der Waals surface area contributed by atoms with Crippen LogP contribution in [0.5, 0.6) is 5.75 Å². The van der Waals surface area contributed by atoms with Crippen LogP contribution in [-0.4, -0.2) is 37.6 Å². The van der Waals surface area contributed by atoms with Gasteiger partial charge in [0.05, 0.1) is 35.5 Å². The van der Waals surface area contributed by atoms with E-state index in [1.165, 1.54) is 18.9 Å². The number of thiocarbonyl (C=S) groups is 1. The number of nitrogens with zero attached hydrogens (tertiary/aromatic N) is 4. The average Bonchev–Trinajstić information content (AvgIpc) is 3.57. The van der Waals surface area contributed by atoms with Gasteiger partial charge in [0.25, 0.3) is 5.69 Å². The number of methoxy groups -OCH3 is 1. The highest BCUT2D eigenvalue weighted by Crippen LogP contribution is 2.45. The molecule has 1 saturated carbocycles. The van der Waals surface area contributed by atoms with E-state index in [1.54, 1.807) is 19.2 Å². The Balaban J connectivity index is 1.66. The van der Waals surface area contributed by atoms with Gasteiger partial charge in [0.1, 0.15) is 5.75 Å². The molecule has 2 aromatic heterocycles. The summed E-state index contributed by atoms with van der Waals surface area (Å²) in [5.41, 5.74) is 4.72. The highest BCUT2D eigenvalue weighted by atomic mass is 32.1. The summed E-state index contributed by atoms with van der Waals surface area (Å²) in [5.74, 6) is 0.581. The van der Waals surface area contributed by atoms with Crippen LogP contribution in [0.15, 0.2) is 48.7 Å². The van der Waals surface area contributed by atoms with Crippen LogP contribution in [-0.2, 0) is 0 Å². The van der Waals surface area contributed by atoms with Gasteiger partial charge in [-0.25, -0.2) is 0 Å². The molecule has 1 saturated heterocycles. The molecule has 8 nitrogen and oxygen atoms in total. The Bertz CT molecular complexity index is 1270. The Morgan fingerprint density at radius 3 is 2.60 bits per heavy atom. The summed E-state index contributed by atoms with van der Waals surface area (Å²) in [5, 5.41) is 15.8. The number of hydrogen-bond acceptors (Lipinski definition) is 5. The fourth-order valence-corrected chi connectivity index (χ4v) is 6.09. The van der Waals surface area contributed by atoms with Crippen LogP contribution in [0, 0.1) is 24.0 Å². The van der Waals surface area contributed by atoms with Gasteiger partial charge >= 0.3 is 0 Å². The molecule has 2 fully saturated rings. The van der Waals surface area contributed by atoms with Gasteiger partial charge in [0.15, 0.2) is 5.11 Å². The van der Waals surface area contributed by atoms with Crippen molar-refractivity contribution in [3.8, 4) is 11.4 Å². The lowest BCUT2D eigenvalue weighted by Crippen LogP contribution is -2.37. The maximum atomic E-state index is 11.5. The summed E-state index contributed by atoms with van der Waals surface area (Å²) in [7, 11) is 1.58. The van der Waals surface area contributed by atoms with Crippen LogP contribution < -0.4 is 10.1 Å². The number of nitro groups is 1. The van der Waals surface area contributed by atoms with Crippen molar-refractivity contribution in [2.45, 2.75) is 57.7 Å². The number of hydrogen-bond donors (Lipinski definition) is 1. The number of benzene rings is 1. The molecule has 5 rings (SSSR count). The van der Waals surface area contributed by atoms with Gasteiger partial charge in [-0.1, -0.05) is 18.9 Å². The molecule has 1 aliphatic carbocycles. The van der Waals surface area contributed by atoms with Gasteiger partial charge in [-0.05, 0) is 68.7 Å². The molecule has 182 valence electrons. The van der Waals surface area contributed by atoms with E-state index in [-0.39, 0.29) is 22.7 Å². The molecular formula is C26H29N5O3S. The summed E-state index contributed by atoms with van der Waals surface area (Å²) in [6.45, 7) is 4.08. The van der Waals surface area contributed by atoms with Crippen LogP contribution in [0.25, 0.3) is 5.69 Å². The summed E-state index contributed by atoms with van der Waals surface area (Å²) < 4.78 is 7.64. The van der Waals surface area contributed by atoms with E-state index in [0.717, 1.165) is 40.6 Å². The minimum Gasteiger partial charge on any atom is -0.495 e. The maximum absolute atomic E-state index is 11.5. The summed E-state index contributed by atoms with van der Waals surface area (Å²) in [6.07, 6.45) is 6.45. The first kappa shape index (κ1) is 23.3. The Hall–Kier alpha value is -3.46. The average molecular weight is 492 g/mol. The first-order valence-electron chi connectivity index (χ1n) is 11.9. The van der Waals surface area contributed by atoms with E-state index in [0.29, 0.717) is 17.5 Å². The van der Waals surface area contributed by atoms with Crippen molar-refractivity contribution < 1.29 is 9.66 Å². The molecule has 2 atom stereocenters. The van der Waals surface area contributed by atoms with Crippen molar-refractivity contribution in [2.24, 2.45) is 0 Å². The zero-order chi connectivity index (χ0) is 24.7. The van der Waals surface area contributed by atoms with Crippen LogP contribution in [0.1, 0.15) is 60.4 Å². The molecule has 1 aliphatic heterocycles. The van der Waals surface area contributed by atoms with Crippen molar-refractivity contribution in [2.75, 3.05) is 7.11 Å². The normalized spacial score (nSPS) is 20.3. The minimum atomic E-state index is -0.379. The summed E-state index contributed by atoms with van der Waals surface area (Å²) in [4.78, 5) is 18.2. The molecule has 3 heterocycles. The number of rotatable bonds is 6. The monoisotopic (exact) mass is 491 g/mol. The molecular weight excluding hydrogens is 462 g/mol. The fraction of sp³-hybridized carbons (Fsp3) is 0.385. The zero-order valence-electron chi connectivity index (χ0n) is 20.1. The molecule has 1 N–H and O–H groups in total. The Labute approximate surface area is 210 Å². The zero-order valence-corrected chi connectivity index (χ0v) is 20.9. The molecule has 0 spiro atoms. The highest BCUT2D eigenvalue weighted by molar-refractivity contribution is 7.80. The molecule has 0 amide bonds. The molecule has 0 bridgehead atoms. The Morgan fingerprint density at radius 2 is 1.94 bits per heavy atom. The molecule has 3 aromatic rings. The van der Waals surface area contributed by atoms with E-state index < -0.39 is 0 Å². The number of aryl methyl sites for hydroxylation is 1. The smallest absolute Gasteiger partial charge is 0.271 e. The van der Waals surface area contributed by atoms with E-state index in [4.69, 9.17) is 17.0 Å². The van der Waals surface area contributed by atoms with E-state index in [9.17, 15) is 10.1 Å².